The molecule has 5 rings (SSSR count). The zero-order valence-corrected chi connectivity index (χ0v) is 18.6. The predicted octanol–water partition coefficient (Wildman–Crippen LogP) is 4.64. The fourth-order valence-corrected chi connectivity index (χ4v) is 5.11. The van der Waals surface area contributed by atoms with E-state index in [1.807, 2.05) is 6.07 Å². The van der Waals surface area contributed by atoms with Crippen molar-refractivity contribution >= 4 is 22.7 Å². The van der Waals surface area contributed by atoms with Crippen molar-refractivity contribution in [1.82, 2.24) is 4.98 Å². The van der Waals surface area contributed by atoms with Crippen molar-refractivity contribution in [3.05, 3.63) is 53.8 Å². The van der Waals surface area contributed by atoms with Crippen LogP contribution in [0.2, 0.25) is 0 Å². The van der Waals surface area contributed by atoms with E-state index in [1.165, 1.54) is 19.2 Å². The molecule has 1 atom stereocenters. The van der Waals surface area contributed by atoms with Crippen LogP contribution in [0, 0.1) is 11.7 Å². The number of aromatic hydroxyl groups is 1. The quantitative estimate of drug-likeness (QED) is 0.584. The molecule has 172 valence electrons. The Morgan fingerprint density at radius 1 is 1.15 bits per heavy atom. The van der Waals surface area contributed by atoms with E-state index in [0.717, 1.165) is 40.7 Å². The van der Waals surface area contributed by atoms with Gasteiger partial charge in [-0.3, -0.25) is 4.79 Å². The molecule has 0 spiro atoms. The summed E-state index contributed by atoms with van der Waals surface area (Å²) < 4.78 is 24.4. The highest BCUT2D eigenvalue weighted by molar-refractivity contribution is 5.99. The number of carbonyl (C=O) groups is 1. The lowest BCUT2D eigenvalue weighted by Gasteiger charge is -2.31. The van der Waals surface area contributed by atoms with E-state index in [-0.39, 0.29) is 29.4 Å². The van der Waals surface area contributed by atoms with Gasteiger partial charge in [0.2, 0.25) is 0 Å². The van der Waals surface area contributed by atoms with Crippen LogP contribution in [-0.2, 0) is 14.3 Å². The van der Waals surface area contributed by atoms with Gasteiger partial charge < -0.3 is 19.5 Å². The van der Waals surface area contributed by atoms with Crippen molar-refractivity contribution in [2.24, 2.45) is 5.92 Å². The molecule has 7 heteroatoms. The molecule has 33 heavy (non-hydrogen) atoms. The number of carbonyl (C=O) groups excluding carboxylic acids is 1. The van der Waals surface area contributed by atoms with Crippen LogP contribution in [0.4, 0.5) is 10.2 Å². The number of fused-ring (bicyclic) bond motifs is 1. The van der Waals surface area contributed by atoms with E-state index < -0.39 is 0 Å². The largest absolute Gasteiger partial charge is 0.508 e. The van der Waals surface area contributed by atoms with Crippen LogP contribution in [0.5, 0.6) is 5.75 Å². The summed E-state index contributed by atoms with van der Waals surface area (Å²) in [4.78, 5) is 19.4. The Bertz CT molecular complexity index is 1180. The molecule has 2 aromatic carbocycles. The van der Waals surface area contributed by atoms with Crippen molar-refractivity contribution in [1.29, 1.82) is 0 Å². The Balaban J connectivity index is 1.74. The number of esters is 1. The molecule has 0 aliphatic carbocycles. The van der Waals surface area contributed by atoms with Gasteiger partial charge in [0.25, 0.3) is 0 Å². The summed E-state index contributed by atoms with van der Waals surface area (Å²) in [5, 5.41) is 11.1. The summed E-state index contributed by atoms with van der Waals surface area (Å²) in [6.07, 6.45) is 2.42. The number of nitrogens with zero attached hydrogens (tertiary/aromatic N) is 2. The molecule has 0 unspecified atom stereocenters. The summed E-state index contributed by atoms with van der Waals surface area (Å²) >= 11 is 0. The lowest BCUT2D eigenvalue weighted by Crippen LogP contribution is -2.27. The van der Waals surface area contributed by atoms with E-state index in [0.29, 0.717) is 38.2 Å². The molecule has 0 amide bonds. The van der Waals surface area contributed by atoms with Crippen molar-refractivity contribution in [3.63, 3.8) is 0 Å². The fourth-order valence-electron chi connectivity index (χ4n) is 5.11. The second-order valence-corrected chi connectivity index (χ2v) is 8.77. The first-order valence-corrected chi connectivity index (χ1v) is 11.4. The average molecular weight is 451 g/mol. The monoisotopic (exact) mass is 450 g/mol. The molecule has 2 aliphatic heterocycles. The van der Waals surface area contributed by atoms with Gasteiger partial charge in [-0.15, -0.1) is 0 Å². The van der Waals surface area contributed by atoms with Gasteiger partial charge in [-0.1, -0.05) is 12.1 Å². The van der Waals surface area contributed by atoms with E-state index in [9.17, 15) is 14.3 Å². The smallest absolute Gasteiger partial charge is 0.310 e. The molecule has 0 radical (unpaired) electrons. The highest BCUT2D eigenvalue weighted by Gasteiger charge is 2.34. The van der Waals surface area contributed by atoms with Crippen molar-refractivity contribution in [3.8, 4) is 16.9 Å². The molecule has 0 saturated carbocycles. The Hall–Kier alpha value is -3.19. The van der Waals surface area contributed by atoms with Crippen LogP contribution >= 0.6 is 0 Å². The number of benzene rings is 2. The first-order valence-electron chi connectivity index (χ1n) is 11.4. The minimum absolute atomic E-state index is 0.138. The number of phenolic OH excluding ortho intramolecular Hbond substituents is 1. The number of ether oxygens (including phenoxy) is 2. The predicted molar refractivity (Wildman–Crippen MR) is 124 cm³/mol. The fraction of sp³-hybridized carbons (Fsp3) is 0.385. The Kier molecular flexibility index (Phi) is 5.89. The summed E-state index contributed by atoms with van der Waals surface area (Å²) in [5.74, 6) is 0.486. The zero-order valence-electron chi connectivity index (χ0n) is 18.6. The first kappa shape index (κ1) is 21.6. The van der Waals surface area contributed by atoms with Gasteiger partial charge in [0.15, 0.2) is 0 Å². The molecule has 1 N–H and O–H groups in total. The molecule has 3 heterocycles. The number of methoxy groups -OCH3 is 1. The van der Waals surface area contributed by atoms with Crippen LogP contribution in [0.1, 0.15) is 30.7 Å². The maximum Gasteiger partial charge on any atom is 0.310 e. The molecular weight excluding hydrogens is 423 g/mol. The average Bonchev–Trinajstić information content (AvgIpc) is 3.33. The second-order valence-electron chi connectivity index (χ2n) is 8.77. The number of aromatic nitrogens is 1. The zero-order chi connectivity index (χ0) is 22.9. The summed E-state index contributed by atoms with van der Waals surface area (Å²) in [6.45, 7) is 2.57. The maximum atomic E-state index is 13.8. The summed E-state index contributed by atoms with van der Waals surface area (Å²) in [7, 11) is 1.42. The van der Waals surface area contributed by atoms with Crippen molar-refractivity contribution in [2.75, 3.05) is 38.3 Å². The lowest BCUT2D eigenvalue weighted by atomic mass is 9.84. The standard InChI is InChI=1S/C26H27FN2O4/c1-32-26(31)18-8-11-29(15-18)25-24(17-9-12-33-13-10-17)23(16-2-4-19(27)5-3-16)21-7-6-20(30)14-22(21)28-25/h2-7,14,17-18,30H,8-13,15H2,1H3/t18-/m1/s1. The third-order valence-electron chi connectivity index (χ3n) is 6.77. The molecule has 0 bridgehead atoms. The van der Waals surface area contributed by atoms with Crippen LogP contribution in [0.15, 0.2) is 42.5 Å². The third kappa shape index (κ3) is 4.13. The third-order valence-corrected chi connectivity index (χ3v) is 6.77. The van der Waals surface area contributed by atoms with Gasteiger partial charge in [0.05, 0.1) is 18.5 Å². The number of pyridine rings is 1. The number of anilines is 1. The molecule has 1 aromatic heterocycles. The maximum absolute atomic E-state index is 13.8. The van der Waals surface area contributed by atoms with Crippen LogP contribution in [0.25, 0.3) is 22.0 Å². The number of hydrogen-bond acceptors (Lipinski definition) is 6. The lowest BCUT2D eigenvalue weighted by molar-refractivity contribution is -0.144. The normalized spacial score (nSPS) is 19.2. The molecule has 6 nitrogen and oxygen atoms in total. The second kappa shape index (κ2) is 8.98. The van der Waals surface area contributed by atoms with Crippen LogP contribution in [-0.4, -0.2) is 49.5 Å². The minimum Gasteiger partial charge on any atom is -0.508 e. The summed E-state index contributed by atoms with van der Waals surface area (Å²) in [5.41, 5.74) is 3.68. The number of halogens is 1. The molecule has 2 fully saturated rings. The van der Waals surface area contributed by atoms with Gasteiger partial charge in [-0.25, -0.2) is 9.37 Å². The Labute approximate surface area is 192 Å². The van der Waals surface area contributed by atoms with Crippen LogP contribution < -0.4 is 4.90 Å². The Morgan fingerprint density at radius 2 is 1.91 bits per heavy atom. The molecule has 2 aliphatic rings. The molecular formula is C26H27FN2O4. The van der Waals surface area contributed by atoms with Crippen LogP contribution in [0.3, 0.4) is 0 Å². The van der Waals surface area contributed by atoms with Gasteiger partial charge in [0.1, 0.15) is 17.4 Å². The number of rotatable bonds is 4. The van der Waals surface area contributed by atoms with Crippen molar-refractivity contribution in [2.45, 2.75) is 25.2 Å². The van der Waals surface area contributed by atoms with E-state index in [1.54, 1.807) is 24.3 Å². The van der Waals surface area contributed by atoms with Crippen molar-refractivity contribution < 1.29 is 23.8 Å². The van der Waals surface area contributed by atoms with Gasteiger partial charge in [0, 0.05) is 43.3 Å². The first-order chi connectivity index (χ1) is 16.0. The topological polar surface area (TPSA) is 71.9 Å². The van der Waals surface area contributed by atoms with E-state index in [4.69, 9.17) is 14.5 Å². The summed E-state index contributed by atoms with van der Waals surface area (Å²) in [6, 6.07) is 11.7. The number of hydrogen-bond donors (Lipinski definition) is 1. The molecule has 3 aromatic rings. The molecule has 2 saturated heterocycles. The SMILES string of the molecule is COC(=O)[C@@H]1CCN(c2nc3cc(O)ccc3c(-c3ccc(F)cc3)c2C2CCOCC2)C1. The van der Waals surface area contributed by atoms with E-state index in [2.05, 4.69) is 4.90 Å². The minimum atomic E-state index is -0.289. The Morgan fingerprint density at radius 3 is 2.64 bits per heavy atom. The van der Waals surface area contributed by atoms with Gasteiger partial charge in [-0.05, 0) is 60.6 Å². The van der Waals surface area contributed by atoms with Gasteiger partial charge >= 0.3 is 5.97 Å². The van der Waals surface area contributed by atoms with Gasteiger partial charge in [-0.2, -0.15) is 0 Å². The number of phenols is 1. The highest BCUT2D eigenvalue weighted by Crippen LogP contribution is 2.45. The van der Waals surface area contributed by atoms with E-state index >= 15 is 0 Å². The highest BCUT2D eigenvalue weighted by atomic mass is 19.1.